The molecule has 2 aromatic rings. The van der Waals surface area contributed by atoms with E-state index < -0.39 is 0 Å². The van der Waals surface area contributed by atoms with E-state index in [9.17, 15) is 0 Å². The summed E-state index contributed by atoms with van der Waals surface area (Å²) in [6, 6.07) is 8.41. The van der Waals surface area contributed by atoms with Crippen molar-refractivity contribution in [3.05, 3.63) is 35.4 Å². The summed E-state index contributed by atoms with van der Waals surface area (Å²) >= 11 is 0. The first-order chi connectivity index (χ1) is 8.71. The molecule has 0 saturated carbocycles. The summed E-state index contributed by atoms with van der Waals surface area (Å²) in [5, 5.41) is 2.35. The van der Waals surface area contributed by atoms with E-state index >= 15 is 0 Å². The minimum absolute atomic E-state index is 0. The fourth-order valence-electron chi connectivity index (χ4n) is 2.30. The van der Waals surface area contributed by atoms with Crippen LogP contribution in [0.3, 0.4) is 0 Å². The lowest BCUT2D eigenvalue weighted by Crippen LogP contribution is -2.02. The van der Waals surface area contributed by atoms with Gasteiger partial charge in [-0.3, -0.25) is 0 Å². The van der Waals surface area contributed by atoms with Gasteiger partial charge in [0.1, 0.15) is 0 Å². The Hall–Kier alpha value is -1.45. The van der Waals surface area contributed by atoms with Gasteiger partial charge in [0.25, 0.3) is 0 Å². The number of methoxy groups -OCH3 is 2. The third-order valence-corrected chi connectivity index (χ3v) is 3.23. The van der Waals surface area contributed by atoms with Crippen molar-refractivity contribution >= 4 is 23.2 Å². The van der Waals surface area contributed by atoms with E-state index in [1.807, 2.05) is 6.07 Å². The number of benzene rings is 2. The van der Waals surface area contributed by atoms with Crippen molar-refractivity contribution in [3.63, 3.8) is 0 Å². The molecule has 0 bridgehead atoms. The molecule has 2 N–H and O–H groups in total. The van der Waals surface area contributed by atoms with Gasteiger partial charge in [0.2, 0.25) is 0 Å². The standard InChI is InChI=1S/C15H19NO2.ClH/c1-10-13-8-11(6-7-16)4-5-12(13)9-14(17-2)15(10)18-3;/h4-5,8-9H,6-7,16H2,1-3H3;1H. The number of hydrogen-bond acceptors (Lipinski definition) is 3. The van der Waals surface area contributed by atoms with Crippen LogP contribution in [0.2, 0.25) is 0 Å². The van der Waals surface area contributed by atoms with E-state index in [0.717, 1.165) is 28.9 Å². The van der Waals surface area contributed by atoms with E-state index in [4.69, 9.17) is 15.2 Å². The van der Waals surface area contributed by atoms with Crippen LogP contribution in [0.4, 0.5) is 0 Å². The molecule has 0 aliphatic rings. The van der Waals surface area contributed by atoms with Crippen molar-refractivity contribution in [3.8, 4) is 11.5 Å². The minimum atomic E-state index is 0. The van der Waals surface area contributed by atoms with Crippen LogP contribution in [-0.4, -0.2) is 20.8 Å². The van der Waals surface area contributed by atoms with E-state index in [-0.39, 0.29) is 12.4 Å². The Morgan fingerprint density at radius 3 is 2.42 bits per heavy atom. The quantitative estimate of drug-likeness (QED) is 0.937. The third kappa shape index (κ3) is 2.94. The minimum Gasteiger partial charge on any atom is -0.493 e. The van der Waals surface area contributed by atoms with Gasteiger partial charge in [0, 0.05) is 5.56 Å². The number of hydrogen-bond donors (Lipinski definition) is 1. The Bertz CT molecular complexity index is 570. The van der Waals surface area contributed by atoms with Gasteiger partial charge in [0.15, 0.2) is 11.5 Å². The maximum atomic E-state index is 5.60. The fraction of sp³-hybridized carbons (Fsp3) is 0.333. The number of rotatable bonds is 4. The lowest BCUT2D eigenvalue weighted by molar-refractivity contribution is 0.354. The Balaban J connectivity index is 0.00000180. The normalized spacial score (nSPS) is 10.1. The molecule has 2 aromatic carbocycles. The Labute approximate surface area is 120 Å². The SMILES string of the molecule is COc1cc2ccc(CCN)cc2c(C)c1OC.Cl. The van der Waals surface area contributed by atoms with Crippen LogP contribution in [0.1, 0.15) is 11.1 Å². The number of fused-ring (bicyclic) bond motifs is 1. The van der Waals surface area contributed by atoms with E-state index in [2.05, 4.69) is 25.1 Å². The van der Waals surface area contributed by atoms with Crippen LogP contribution < -0.4 is 15.2 Å². The highest BCUT2D eigenvalue weighted by molar-refractivity contribution is 5.90. The highest BCUT2D eigenvalue weighted by Crippen LogP contribution is 2.37. The second kappa shape index (κ2) is 6.64. The van der Waals surface area contributed by atoms with Crippen molar-refractivity contribution in [1.82, 2.24) is 0 Å². The van der Waals surface area contributed by atoms with Crippen molar-refractivity contribution in [2.75, 3.05) is 20.8 Å². The molecule has 0 aliphatic heterocycles. The van der Waals surface area contributed by atoms with Crippen LogP contribution in [-0.2, 0) is 6.42 Å². The number of nitrogens with two attached hydrogens (primary N) is 1. The summed E-state index contributed by atoms with van der Waals surface area (Å²) < 4.78 is 10.8. The molecule has 0 unspecified atom stereocenters. The summed E-state index contributed by atoms with van der Waals surface area (Å²) in [5.41, 5.74) is 7.95. The number of halogens is 1. The zero-order valence-corrected chi connectivity index (χ0v) is 12.3. The highest BCUT2D eigenvalue weighted by atomic mass is 35.5. The predicted molar refractivity (Wildman–Crippen MR) is 81.8 cm³/mol. The topological polar surface area (TPSA) is 44.5 Å². The first-order valence-electron chi connectivity index (χ1n) is 6.05. The molecule has 0 saturated heterocycles. The molecular weight excluding hydrogens is 262 g/mol. The second-order valence-corrected chi connectivity index (χ2v) is 4.33. The third-order valence-electron chi connectivity index (χ3n) is 3.23. The average molecular weight is 282 g/mol. The summed E-state index contributed by atoms with van der Waals surface area (Å²) in [6.07, 6.45) is 0.893. The maximum absolute atomic E-state index is 5.60. The Kier molecular flexibility index (Phi) is 5.45. The first-order valence-corrected chi connectivity index (χ1v) is 6.05. The molecule has 104 valence electrons. The van der Waals surface area contributed by atoms with Crippen LogP contribution in [0.5, 0.6) is 11.5 Å². The number of ether oxygens (including phenoxy) is 2. The van der Waals surface area contributed by atoms with Crippen molar-refractivity contribution in [2.24, 2.45) is 5.73 Å². The molecule has 0 heterocycles. The zero-order chi connectivity index (χ0) is 13.1. The van der Waals surface area contributed by atoms with Gasteiger partial charge in [-0.2, -0.15) is 0 Å². The molecule has 0 aromatic heterocycles. The molecule has 0 fully saturated rings. The van der Waals surface area contributed by atoms with Gasteiger partial charge < -0.3 is 15.2 Å². The first kappa shape index (κ1) is 15.6. The van der Waals surface area contributed by atoms with E-state index in [1.165, 1.54) is 10.9 Å². The monoisotopic (exact) mass is 281 g/mol. The van der Waals surface area contributed by atoms with E-state index in [1.54, 1.807) is 14.2 Å². The summed E-state index contributed by atoms with van der Waals surface area (Å²) in [5.74, 6) is 1.57. The van der Waals surface area contributed by atoms with Crippen LogP contribution in [0, 0.1) is 6.92 Å². The zero-order valence-electron chi connectivity index (χ0n) is 11.5. The lowest BCUT2D eigenvalue weighted by Gasteiger charge is -2.14. The Morgan fingerprint density at radius 1 is 1.11 bits per heavy atom. The van der Waals surface area contributed by atoms with Crippen molar-refractivity contribution in [2.45, 2.75) is 13.3 Å². The maximum Gasteiger partial charge on any atom is 0.164 e. The number of aryl methyl sites for hydroxylation is 1. The van der Waals surface area contributed by atoms with Gasteiger partial charge in [-0.1, -0.05) is 18.2 Å². The average Bonchev–Trinajstić information content (AvgIpc) is 2.39. The second-order valence-electron chi connectivity index (χ2n) is 4.33. The van der Waals surface area contributed by atoms with Crippen LogP contribution in [0.25, 0.3) is 10.8 Å². The molecule has 2 rings (SSSR count). The van der Waals surface area contributed by atoms with Gasteiger partial charge in [-0.05, 0) is 42.3 Å². The summed E-state index contributed by atoms with van der Waals surface area (Å²) in [6.45, 7) is 2.72. The van der Waals surface area contributed by atoms with Gasteiger partial charge >= 0.3 is 0 Å². The molecular formula is C15H20ClNO2. The van der Waals surface area contributed by atoms with Crippen molar-refractivity contribution < 1.29 is 9.47 Å². The summed E-state index contributed by atoms with van der Waals surface area (Å²) in [7, 11) is 3.33. The highest BCUT2D eigenvalue weighted by Gasteiger charge is 2.11. The molecule has 19 heavy (non-hydrogen) atoms. The molecule has 0 aliphatic carbocycles. The van der Waals surface area contributed by atoms with Crippen molar-refractivity contribution in [1.29, 1.82) is 0 Å². The smallest absolute Gasteiger partial charge is 0.164 e. The lowest BCUT2D eigenvalue weighted by atomic mass is 10.00. The summed E-state index contributed by atoms with van der Waals surface area (Å²) in [4.78, 5) is 0. The molecule has 0 spiro atoms. The molecule has 4 heteroatoms. The van der Waals surface area contributed by atoms with Crippen LogP contribution in [0.15, 0.2) is 24.3 Å². The molecule has 0 amide bonds. The molecule has 3 nitrogen and oxygen atoms in total. The molecule has 0 atom stereocenters. The van der Waals surface area contributed by atoms with Gasteiger partial charge in [0.05, 0.1) is 14.2 Å². The van der Waals surface area contributed by atoms with Gasteiger partial charge in [-0.15, -0.1) is 12.4 Å². The van der Waals surface area contributed by atoms with E-state index in [0.29, 0.717) is 6.54 Å². The fourth-order valence-corrected chi connectivity index (χ4v) is 2.30. The largest absolute Gasteiger partial charge is 0.493 e. The van der Waals surface area contributed by atoms with Crippen LogP contribution >= 0.6 is 12.4 Å². The predicted octanol–water partition coefficient (Wildman–Crippen LogP) is 3.09. The van der Waals surface area contributed by atoms with Gasteiger partial charge in [-0.25, -0.2) is 0 Å². The Morgan fingerprint density at radius 2 is 1.84 bits per heavy atom. The molecule has 0 radical (unpaired) electrons.